The van der Waals surface area contributed by atoms with E-state index in [9.17, 15) is 4.79 Å². The molecule has 0 saturated carbocycles. The summed E-state index contributed by atoms with van der Waals surface area (Å²) in [5, 5.41) is 1.18. The first-order valence-corrected chi connectivity index (χ1v) is 9.62. The zero-order valence-electron chi connectivity index (χ0n) is 16.0. The first kappa shape index (κ1) is 17.7. The lowest BCUT2D eigenvalue weighted by Crippen LogP contribution is -2.38. The highest BCUT2D eigenvalue weighted by atomic mass is 16.5. The minimum Gasteiger partial charge on any atom is -0.497 e. The summed E-state index contributed by atoms with van der Waals surface area (Å²) in [6.07, 6.45) is 2.50. The lowest BCUT2D eigenvalue weighted by atomic mass is 9.93. The van der Waals surface area contributed by atoms with Gasteiger partial charge in [0.1, 0.15) is 5.75 Å². The van der Waals surface area contributed by atoms with Crippen molar-refractivity contribution < 1.29 is 9.53 Å². The number of hydrogen-bond donors (Lipinski definition) is 1. The SMILES string of the molecule is COc1ccc2[nH]c(C3CCN(C(=O)Cc4ccc(C)cc4)CC3)cc2c1. The second kappa shape index (κ2) is 7.47. The highest BCUT2D eigenvalue weighted by molar-refractivity contribution is 5.82. The number of nitrogens with one attached hydrogen (secondary N) is 1. The number of nitrogens with zero attached hydrogens (tertiary/aromatic N) is 1. The van der Waals surface area contributed by atoms with Gasteiger partial charge in [-0.1, -0.05) is 29.8 Å². The summed E-state index contributed by atoms with van der Waals surface area (Å²) in [6.45, 7) is 3.72. The van der Waals surface area contributed by atoms with Crippen molar-refractivity contribution in [1.82, 2.24) is 9.88 Å². The second-order valence-corrected chi connectivity index (χ2v) is 7.50. The van der Waals surface area contributed by atoms with Crippen molar-refractivity contribution in [2.75, 3.05) is 20.2 Å². The van der Waals surface area contributed by atoms with Crippen molar-refractivity contribution in [3.63, 3.8) is 0 Å². The van der Waals surface area contributed by atoms with Gasteiger partial charge < -0.3 is 14.6 Å². The van der Waals surface area contributed by atoms with Crippen molar-refractivity contribution in [2.24, 2.45) is 0 Å². The molecule has 0 unspecified atom stereocenters. The lowest BCUT2D eigenvalue weighted by Gasteiger charge is -2.31. The minimum absolute atomic E-state index is 0.235. The molecule has 0 spiro atoms. The number of likely N-dealkylation sites (tertiary alicyclic amines) is 1. The largest absolute Gasteiger partial charge is 0.497 e. The number of benzene rings is 2. The van der Waals surface area contributed by atoms with Crippen molar-refractivity contribution in [2.45, 2.75) is 32.1 Å². The Morgan fingerprint density at radius 2 is 1.85 bits per heavy atom. The molecule has 1 saturated heterocycles. The fraction of sp³-hybridized carbons (Fsp3) is 0.348. The van der Waals surface area contributed by atoms with E-state index in [1.54, 1.807) is 7.11 Å². The van der Waals surface area contributed by atoms with E-state index in [0.717, 1.165) is 42.8 Å². The second-order valence-electron chi connectivity index (χ2n) is 7.50. The van der Waals surface area contributed by atoms with E-state index in [-0.39, 0.29) is 5.91 Å². The molecule has 27 heavy (non-hydrogen) atoms. The zero-order chi connectivity index (χ0) is 18.8. The molecular formula is C23H26N2O2. The van der Waals surface area contributed by atoms with Crippen LogP contribution in [0.2, 0.25) is 0 Å². The number of H-pyrrole nitrogens is 1. The van der Waals surface area contributed by atoms with E-state index in [4.69, 9.17) is 4.74 Å². The summed E-state index contributed by atoms with van der Waals surface area (Å²) in [4.78, 5) is 18.2. The molecule has 1 fully saturated rings. The smallest absolute Gasteiger partial charge is 0.226 e. The monoisotopic (exact) mass is 362 g/mol. The molecule has 1 N–H and O–H groups in total. The van der Waals surface area contributed by atoms with Gasteiger partial charge in [0.2, 0.25) is 5.91 Å². The van der Waals surface area contributed by atoms with Gasteiger partial charge in [0.15, 0.2) is 0 Å². The van der Waals surface area contributed by atoms with E-state index < -0.39 is 0 Å². The lowest BCUT2D eigenvalue weighted by molar-refractivity contribution is -0.131. The Labute approximate surface area is 160 Å². The molecule has 4 heteroatoms. The van der Waals surface area contributed by atoms with Gasteiger partial charge in [-0.25, -0.2) is 0 Å². The van der Waals surface area contributed by atoms with Crippen LogP contribution in [0.15, 0.2) is 48.5 Å². The first-order chi connectivity index (χ1) is 13.1. The molecule has 1 amide bonds. The Balaban J connectivity index is 1.38. The summed E-state index contributed by atoms with van der Waals surface area (Å²) in [5.74, 6) is 1.59. The number of carbonyl (C=O) groups is 1. The van der Waals surface area contributed by atoms with Crippen molar-refractivity contribution in [3.05, 3.63) is 65.4 Å². The molecule has 3 aromatic rings. The molecule has 0 bridgehead atoms. The average Bonchev–Trinajstić information content (AvgIpc) is 3.13. The quantitative estimate of drug-likeness (QED) is 0.746. The van der Waals surface area contributed by atoms with Crippen LogP contribution in [0.25, 0.3) is 10.9 Å². The van der Waals surface area contributed by atoms with Crippen LogP contribution in [0, 0.1) is 6.92 Å². The maximum atomic E-state index is 12.6. The van der Waals surface area contributed by atoms with Crippen LogP contribution < -0.4 is 4.74 Å². The van der Waals surface area contributed by atoms with Crippen LogP contribution in [0.3, 0.4) is 0 Å². The maximum Gasteiger partial charge on any atom is 0.226 e. The van der Waals surface area contributed by atoms with Gasteiger partial charge in [-0.15, -0.1) is 0 Å². The molecule has 2 heterocycles. The molecule has 4 nitrogen and oxygen atoms in total. The molecule has 0 radical (unpaired) electrons. The third-order valence-corrected chi connectivity index (χ3v) is 5.61. The van der Waals surface area contributed by atoms with Gasteiger partial charge in [0.05, 0.1) is 13.5 Å². The summed E-state index contributed by atoms with van der Waals surface area (Å²) < 4.78 is 5.31. The fourth-order valence-corrected chi connectivity index (χ4v) is 3.91. The fourth-order valence-electron chi connectivity index (χ4n) is 3.91. The highest BCUT2D eigenvalue weighted by Gasteiger charge is 2.24. The number of aromatic nitrogens is 1. The van der Waals surface area contributed by atoms with E-state index >= 15 is 0 Å². The number of ether oxygens (including phenoxy) is 1. The van der Waals surface area contributed by atoms with E-state index in [2.05, 4.69) is 54.4 Å². The van der Waals surface area contributed by atoms with Crippen LogP contribution in [0.4, 0.5) is 0 Å². The molecule has 1 aromatic heterocycles. The summed E-state index contributed by atoms with van der Waals surface area (Å²) in [7, 11) is 1.69. The third kappa shape index (κ3) is 3.85. The van der Waals surface area contributed by atoms with Gasteiger partial charge >= 0.3 is 0 Å². The molecule has 0 aliphatic carbocycles. The predicted octanol–water partition coefficient (Wildman–Crippen LogP) is 4.43. The highest BCUT2D eigenvalue weighted by Crippen LogP contribution is 2.31. The molecule has 4 rings (SSSR count). The zero-order valence-corrected chi connectivity index (χ0v) is 16.0. The Morgan fingerprint density at radius 1 is 1.11 bits per heavy atom. The average molecular weight is 362 g/mol. The number of piperidine rings is 1. The number of carbonyl (C=O) groups excluding carboxylic acids is 1. The molecule has 2 aromatic carbocycles. The van der Waals surface area contributed by atoms with Crippen molar-refractivity contribution >= 4 is 16.8 Å². The predicted molar refractivity (Wildman–Crippen MR) is 108 cm³/mol. The van der Waals surface area contributed by atoms with Crippen molar-refractivity contribution in [1.29, 1.82) is 0 Å². The molecule has 0 atom stereocenters. The minimum atomic E-state index is 0.235. The summed E-state index contributed by atoms with van der Waals surface area (Å²) in [6, 6.07) is 16.6. The van der Waals surface area contributed by atoms with E-state index in [0.29, 0.717) is 12.3 Å². The van der Waals surface area contributed by atoms with Gasteiger partial charge in [-0.05, 0) is 49.6 Å². The number of methoxy groups -OCH3 is 1. The maximum absolute atomic E-state index is 12.6. The standard InChI is InChI=1S/C23H26N2O2/c1-16-3-5-17(6-4-16)13-23(26)25-11-9-18(10-12-25)22-15-19-14-20(27-2)7-8-21(19)24-22/h3-8,14-15,18,24H,9-13H2,1-2H3. The van der Waals surface area contributed by atoms with Crippen LogP contribution in [0.1, 0.15) is 35.6 Å². The Bertz CT molecular complexity index is 935. The van der Waals surface area contributed by atoms with Crippen LogP contribution in [-0.4, -0.2) is 36.0 Å². The van der Waals surface area contributed by atoms with E-state index in [1.807, 2.05) is 11.0 Å². The Hall–Kier alpha value is -2.75. The molecule has 1 aliphatic rings. The number of aromatic amines is 1. The Kier molecular flexibility index (Phi) is 4.88. The third-order valence-electron chi connectivity index (χ3n) is 5.61. The molecule has 1 aliphatic heterocycles. The van der Waals surface area contributed by atoms with Gasteiger partial charge in [-0.2, -0.15) is 0 Å². The van der Waals surface area contributed by atoms with Gasteiger partial charge in [-0.3, -0.25) is 4.79 Å². The van der Waals surface area contributed by atoms with Gasteiger partial charge in [0.25, 0.3) is 0 Å². The molecular weight excluding hydrogens is 336 g/mol. The number of hydrogen-bond acceptors (Lipinski definition) is 2. The normalized spacial score (nSPS) is 15.3. The van der Waals surface area contributed by atoms with Crippen LogP contribution in [0.5, 0.6) is 5.75 Å². The van der Waals surface area contributed by atoms with Crippen LogP contribution >= 0.6 is 0 Å². The van der Waals surface area contributed by atoms with Crippen molar-refractivity contribution in [3.8, 4) is 5.75 Å². The van der Waals surface area contributed by atoms with Crippen LogP contribution in [-0.2, 0) is 11.2 Å². The topological polar surface area (TPSA) is 45.3 Å². The number of amides is 1. The van der Waals surface area contributed by atoms with E-state index in [1.165, 1.54) is 16.6 Å². The summed E-state index contributed by atoms with van der Waals surface area (Å²) in [5.41, 5.74) is 4.73. The number of aryl methyl sites for hydroxylation is 1. The summed E-state index contributed by atoms with van der Waals surface area (Å²) >= 11 is 0. The molecule has 140 valence electrons. The first-order valence-electron chi connectivity index (χ1n) is 9.62. The number of rotatable bonds is 4. The number of fused-ring (bicyclic) bond motifs is 1. The Morgan fingerprint density at radius 3 is 2.56 bits per heavy atom. The van der Waals surface area contributed by atoms with Gasteiger partial charge in [0, 0.05) is 35.6 Å².